The van der Waals surface area contributed by atoms with Crippen LogP contribution in [0.3, 0.4) is 0 Å². The minimum absolute atomic E-state index is 0.0230. The SMILES string of the molecule is Cc1cc(N2CCCS2(=O)=O)ccc1C(=O)N1CCNCC1. The normalized spacial score (nSPS) is 21.1. The highest BCUT2D eigenvalue weighted by atomic mass is 32.2. The first-order valence-electron chi connectivity index (χ1n) is 7.60. The van der Waals surface area contributed by atoms with Crippen LogP contribution >= 0.6 is 0 Å². The van der Waals surface area contributed by atoms with Crippen molar-refractivity contribution in [3.05, 3.63) is 29.3 Å². The van der Waals surface area contributed by atoms with Gasteiger partial charge in [0.15, 0.2) is 0 Å². The molecule has 0 bridgehead atoms. The van der Waals surface area contributed by atoms with Crippen molar-refractivity contribution in [3.8, 4) is 0 Å². The Morgan fingerprint density at radius 3 is 2.50 bits per heavy atom. The van der Waals surface area contributed by atoms with Gasteiger partial charge in [0.05, 0.1) is 11.4 Å². The van der Waals surface area contributed by atoms with E-state index in [2.05, 4.69) is 5.32 Å². The monoisotopic (exact) mass is 323 g/mol. The number of piperazine rings is 1. The molecule has 0 unspecified atom stereocenters. The molecule has 2 heterocycles. The summed E-state index contributed by atoms with van der Waals surface area (Å²) in [7, 11) is -3.18. The number of nitrogens with one attached hydrogen (secondary N) is 1. The number of benzene rings is 1. The van der Waals surface area contributed by atoms with Crippen molar-refractivity contribution in [2.75, 3.05) is 42.8 Å². The molecule has 0 aliphatic carbocycles. The van der Waals surface area contributed by atoms with Crippen molar-refractivity contribution in [3.63, 3.8) is 0 Å². The van der Waals surface area contributed by atoms with Gasteiger partial charge in [0, 0.05) is 38.3 Å². The predicted molar refractivity (Wildman–Crippen MR) is 85.7 cm³/mol. The summed E-state index contributed by atoms with van der Waals surface area (Å²) in [4.78, 5) is 14.4. The van der Waals surface area contributed by atoms with Crippen LogP contribution in [0.15, 0.2) is 18.2 Å². The Hall–Kier alpha value is -1.60. The third-order valence-corrected chi connectivity index (χ3v) is 6.10. The number of carbonyl (C=O) groups excluding carboxylic acids is 1. The van der Waals surface area contributed by atoms with Crippen LogP contribution < -0.4 is 9.62 Å². The van der Waals surface area contributed by atoms with Gasteiger partial charge in [-0.2, -0.15) is 0 Å². The predicted octanol–water partition coefficient (Wildman–Crippen LogP) is 0.580. The first-order valence-corrected chi connectivity index (χ1v) is 9.21. The highest BCUT2D eigenvalue weighted by Gasteiger charge is 2.29. The zero-order valence-corrected chi connectivity index (χ0v) is 13.5. The maximum absolute atomic E-state index is 12.5. The van der Waals surface area contributed by atoms with Gasteiger partial charge in [-0.05, 0) is 37.1 Å². The fourth-order valence-corrected chi connectivity index (χ4v) is 4.57. The molecule has 2 fully saturated rings. The quantitative estimate of drug-likeness (QED) is 0.864. The first kappa shape index (κ1) is 15.3. The number of sulfonamides is 1. The van der Waals surface area contributed by atoms with Crippen molar-refractivity contribution in [2.45, 2.75) is 13.3 Å². The lowest BCUT2D eigenvalue weighted by atomic mass is 10.1. The minimum Gasteiger partial charge on any atom is -0.336 e. The van der Waals surface area contributed by atoms with Crippen molar-refractivity contribution in [1.29, 1.82) is 0 Å². The van der Waals surface area contributed by atoms with E-state index in [0.29, 0.717) is 37.3 Å². The first-order chi connectivity index (χ1) is 10.5. The zero-order valence-electron chi connectivity index (χ0n) is 12.7. The number of aryl methyl sites for hydroxylation is 1. The Morgan fingerprint density at radius 1 is 1.18 bits per heavy atom. The van der Waals surface area contributed by atoms with Crippen molar-refractivity contribution >= 4 is 21.6 Å². The van der Waals surface area contributed by atoms with Crippen LogP contribution in [-0.2, 0) is 10.0 Å². The molecule has 2 saturated heterocycles. The average molecular weight is 323 g/mol. The molecule has 1 aromatic rings. The van der Waals surface area contributed by atoms with E-state index in [1.165, 1.54) is 4.31 Å². The fraction of sp³-hybridized carbons (Fsp3) is 0.533. The number of amides is 1. The molecule has 0 radical (unpaired) electrons. The van der Waals surface area contributed by atoms with E-state index in [4.69, 9.17) is 0 Å². The second-order valence-electron chi connectivity index (χ2n) is 5.78. The van der Waals surface area contributed by atoms with Gasteiger partial charge in [0.25, 0.3) is 5.91 Å². The summed E-state index contributed by atoms with van der Waals surface area (Å²) < 4.78 is 25.4. The molecular weight excluding hydrogens is 302 g/mol. The van der Waals surface area contributed by atoms with E-state index < -0.39 is 10.0 Å². The van der Waals surface area contributed by atoms with Gasteiger partial charge in [-0.1, -0.05) is 0 Å². The topological polar surface area (TPSA) is 69.7 Å². The third kappa shape index (κ3) is 2.83. The maximum atomic E-state index is 12.5. The molecular formula is C15H21N3O3S. The van der Waals surface area contributed by atoms with Crippen LogP contribution in [0.2, 0.25) is 0 Å². The van der Waals surface area contributed by atoms with Crippen LogP contribution in [0.25, 0.3) is 0 Å². The van der Waals surface area contributed by atoms with Gasteiger partial charge in [-0.15, -0.1) is 0 Å². The van der Waals surface area contributed by atoms with E-state index in [1.807, 2.05) is 11.8 Å². The fourth-order valence-electron chi connectivity index (χ4n) is 3.01. The molecule has 22 heavy (non-hydrogen) atoms. The number of nitrogens with zero attached hydrogens (tertiary/aromatic N) is 2. The molecule has 3 rings (SSSR count). The largest absolute Gasteiger partial charge is 0.336 e. The molecule has 120 valence electrons. The molecule has 7 heteroatoms. The Bertz CT molecular complexity index is 681. The van der Waals surface area contributed by atoms with Gasteiger partial charge in [0.2, 0.25) is 10.0 Å². The number of hydrogen-bond donors (Lipinski definition) is 1. The molecule has 2 aliphatic rings. The molecule has 2 aliphatic heterocycles. The van der Waals surface area contributed by atoms with E-state index in [0.717, 1.165) is 18.7 Å². The van der Waals surface area contributed by atoms with Crippen LogP contribution in [0.5, 0.6) is 0 Å². The number of rotatable bonds is 2. The van der Waals surface area contributed by atoms with E-state index >= 15 is 0 Å². The molecule has 0 aromatic heterocycles. The number of hydrogen-bond acceptors (Lipinski definition) is 4. The Balaban J connectivity index is 1.84. The third-order valence-electron chi connectivity index (χ3n) is 4.23. The van der Waals surface area contributed by atoms with Crippen LogP contribution in [0, 0.1) is 6.92 Å². The summed E-state index contributed by atoms with van der Waals surface area (Å²) >= 11 is 0. The van der Waals surface area contributed by atoms with E-state index in [-0.39, 0.29) is 11.7 Å². The molecule has 1 amide bonds. The summed E-state index contributed by atoms with van der Waals surface area (Å²) in [6, 6.07) is 5.30. The van der Waals surface area contributed by atoms with Gasteiger partial charge >= 0.3 is 0 Å². The molecule has 1 aromatic carbocycles. The van der Waals surface area contributed by atoms with Gasteiger partial charge < -0.3 is 10.2 Å². The van der Waals surface area contributed by atoms with Gasteiger partial charge in [-0.25, -0.2) is 8.42 Å². The summed E-state index contributed by atoms with van der Waals surface area (Å²) in [5, 5.41) is 3.22. The molecule has 0 spiro atoms. The summed E-state index contributed by atoms with van der Waals surface area (Å²) in [6.07, 6.45) is 0.656. The molecule has 0 saturated carbocycles. The van der Waals surface area contributed by atoms with E-state index in [9.17, 15) is 13.2 Å². The average Bonchev–Trinajstić information content (AvgIpc) is 2.87. The second kappa shape index (κ2) is 5.89. The van der Waals surface area contributed by atoms with Gasteiger partial charge in [-0.3, -0.25) is 9.10 Å². The Morgan fingerprint density at radius 2 is 1.91 bits per heavy atom. The lowest BCUT2D eigenvalue weighted by molar-refractivity contribution is 0.0735. The Labute approximate surface area is 131 Å². The lowest BCUT2D eigenvalue weighted by Crippen LogP contribution is -2.46. The highest BCUT2D eigenvalue weighted by molar-refractivity contribution is 7.93. The maximum Gasteiger partial charge on any atom is 0.254 e. The highest BCUT2D eigenvalue weighted by Crippen LogP contribution is 2.26. The van der Waals surface area contributed by atoms with Crippen LogP contribution in [0.1, 0.15) is 22.3 Å². The van der Waals surface area contributed by atoms with Gasteiger partial charge in [0.1, 0.15) is 0 Å². The summed E-state index contributed by atoms with van der Waals surface area (Å²) in [5.74, 6) is 0.225. The van der Waals surface area contributed by atoms with Crippen molar-refractivity contribution < 1.29 is 13.2 Å². The molecule has 0 atom stereocenters. The summed E-state index contributed by atoms with van der Waals surface area (Å²) in [5.41, 5.74) is 2.14. The number of anilines is 1. The smallest absolute Gasteiger partial charge is 0.254 e. The van der Waals surface area contributed by atoms with Crippen LogP contribution in [-0.4, -0.2) is 57.7 Å². The molecule has 6 nitrogen and oxygen atoms in total. The standard InChI is InChI=1S/C15H21N3O3S/c1-12-11-13(18-7-2-10-22(18,20)21)3-4-14(12)15(19)17-8-5-16-6-9-17/h3-4,11,16H,2,5-10H2,1H3. The van der Waals surface area contributed by atoms with Crippen LogP contribution in [0.4, 0.5) is 5.69 Å². The second-order valence-corrected chi connectivity index (χ2v) is 7.80. The number of carbonyl (C=O) groups is 1. The summed E-state index contributed by atoms with van der Waals surface area (Å²) in [6.45, 7) is 5.43. The minimum atomic E-state index is -3.18. The van der Waals surface area contributed by atoms with E-state index in [1.54, 1.807) is 18.2 Å². The molecule has 1 N–H and O–H groups in total. The lowest BCUT2D eigenvalue weighted by Gasteiger charge is -2.28. The zero-order chi connectivity index (χ0) is 15.7. The van der Waals surface area contributed by atoms with Crippen molar-refractivity contribution in [2.24, 2.45) is 0 Å². The Kier molecular flexibility index (Phi) is 4.10. The van der Waals surface area contributed by atoms with Crippen molar-refractivity contribution in [1.82, 2.24) is 10.2 Å².